The van der Waals surface area contributed by atoms with E-state index < -0.39 is 0 Å². The summed E-state index contributed by atoms with van der Waals surface area (Å²) in [5.74, 6) is 0.661. The van der Waals surface area contributed by atoms with Crippen molar-refractivity contribution in [3.63, 3.8) is 0 Å². The van der Waals surface area contributed by atoms with E-state index >= 15 is 0 Å². The Morgan fingerprint density at radius 1 is 1.44 bits per heavy atom. The minimum absolute atomic E-state index is 0.141. The van der Waals surface area contributed by atoms with Crippen molar-refractivity contribution in [1.82, 2.24) is 15.5 Å². The lowest BCUT2D eigenvalue weighted by Crippen LogP contribution is -2.40. The maximum absolute atomic E-state index is 11.6. The van der Waals surface area contributed by atoms with Crippen LogP contribution in [-0.2, 0) is 4.79 Å². The number of likely N-dealkylation sites (N-methyl/N-ethyl adjacent to an activating group) is 1. The number of hydrogen-bond acceptors (Lipinski definition) is 3. The predicted octanol–water partition coefficient (Wildman–Crippen LogP) is 1.22. The van der Waals surface area contributed by atoms with Gasteiger partial charge in [0.15, 0.2) is 0 Å². The lowest BCUT2D eigenvalue weighted by molar-refractivity contribution is -0.122. The van der Waals surface area contributed by atoms with E-state index in [0.717, 1.165) is 26.1 Å². The van der Waals surface area contributed by atoms with Gasteiger partial charge in [0.2, 0.25) is 5.91 Å². The smallest absolute Gasteiger partial charge is 0.234 e. The summed E-state index contributed by atoms with van der Waals surface area (Å²) in [5, 5.41) is 6.50. The van der Waals surface area contributed by atoms with Crippen LogP contribution in [0.5, 0.6) is 0 Å². The molecular formula is C14H29N3O. The van der Waals surface area contributed by atoms with Crippen molar-refractivity contribution >= 4 is 5.91 Å². The van der Waals surface area contributed by atoms with E-state index in [4.69, 9.17) is 0 Å². The van der Waals surface area contributed by atoms with Gasteiger partial charge in [0.25, 0.3) is 0 Å². The first-order valence-electron chi connectivity index (χ1n) is 7.26. The van der Waals surface area contributed by atoms with Crippen LogP contribution in [0.2, 0.25) is 0 Å². The molecule has 0 aromatic rings. The first-order chi connectivity index (χ1) is 8.58. The van der Waals surface area contributed by atoms with E-state index in [9.17, 15) is 4.79 Å². The normalized spacial score (nSPS) is 20.4. The number of carbonyl (C=O) groups is 1. The van der Waals surface area contributed by atoms with Crippen molar-refractivity contribution in [3.05, 3.63) is 0 Å². The third-order valence-corrected chi connectivity index (χ3v) is 3.39. The molecule has 1 rings (SSSR count). The predicted molar refractivity (Wildman–Crippen MR) is 75.6 cm³/mol. The summed E-state index contributed by atoms with van der Waals surface area (Å²) in [7, 11) is 2.03. The van der Waals surface area contributed by atoms with Gasteiger partial charge in [-0.05, 0) is 45.3 Å². The van der Waals surface area contributed by atoms with Gasteiger partial charge in [-0.2, -0.15) is 0 Å². The molecule has 1 aliphatic heterocycles. The molecule has 18 heavy (non-hydrogen) atoms. The zero-order valence-corrected chi connectivity index (χ0v) is 12.2. The Morgan fingerprint density at radius 2 is 2.22 bits per heavy atom. The maximum Gasteiger partial charge on any atom is 0.234 e. The van der Waals surface area contributed by atoms with Crippen molar-refractivity contribution in [2.24, 2.45) is 5.92 Å². The third kappa shape index (κ3) is 6.97. The van der Waals surface area contributed by atoms with Crippen molar-refractivity contribution in [1.29, 1.82) is 0 Å². The van der Waals surface area contributed by atoms with Crippen LogP contribution < -0.4 is 10.6 Å². The van der Waals surface area contributed by atoms with Gasteiger partial charge < -0.3 is 10.6 Å². The molecule has 1 amide bonds. The molecule has 0 aromatic carbocycles. The monoisotopic (exact) mass is 255 g/mol. The Bertz CT molecular complexity index is 237. The number of nitrogens with zero attached hydrogens (tertiary/aromatic N) is 1. The maximum atomic E-state index is 11.6. The molecule has 4 heteroatoms. The molecule has 1 heterocycles. The molecule has 0 bridgehead atoms. The van der Waals surface area contributed by atoms with Crippen LogP contribution in [-0.4, -0.2) is 50.1 Å². The minimum Gasteiger partial charge on any atom is -0.355 e. The Labute approximate surface area is 111 Å². The molecule has 0 aliphatic carbocycles. The number of hydrogen-bond donors (Lipinski definition) is 2. The summed E-state index contributed by atoms with van der Waals surface area (Å²) in [6.45, 7) is 7.66. The van der Waals surface area contributed by atoms with Gasteiger partial charge in [-0.1, -0.05) is 20.3 Å². The summed E-state index contributed by atoms with van der Waals surface area (Å²) in [6, 6.07) is 0.653. The Balaban J connectivity index is 2.08. The van der Waals surface area contributed by atoms with Crippen molar-refractivity contribution in [2.75, 3.05) is 33.2 Å². The van der Waals surface area contributed by atoms with Crippen LogP contribution in [0, 0.1) is 5.92 Å². The highest BCUT2D eigenvalue weighted by molar-refractivity contribution is 5.77. The van der Waals surface area contributed by atoms with Crippen molar-refractivity contribution in [3.8, 4) is 0 Å². The third-order valence-electron chi connectivity index (χ3n) is 3.39. The fraction of sp³-hybridized carbons (Fsp3) is 0.929. The van der Waals surface area contributed by atoms with E-state index in [1.54, 1.807) is 0 Å². The summed E-state index contributed by atoms with van der Waals surface area (Å²) in [5.41, 5.74) is 0. The second kappa shape index (κ2) is 8.48. The second-order valence-corrected chi connectivity index (χ2v) is 5.87. The van der Waals surface area contributed by atoms with Crippen LogP contribution in [0.25, 0.3) is 0 Å². The standard InChI is InChI=1S/C14H29N3O/c1-12(2)10-16-14(18)11-17(3)9-7-13-6-4-5-8-15-13/h12-13,15H,4-11H2,1-3H3,(H,16,18). The Hall–Kier alpha value is -0.610. The molecule has 1 saturated heterocycles. The van der Waals surface area contributed by atoms with Gasteiger partial charge in [0.1, 0.15) is 0 Å². The molecule has 4 nitrogen and oxygen atoms in total. The summed E-state index contributed by atoms with van der Waals surface area (Å²) in [4.78, 5) is 13.8. The molecule has 1 fully saturated rings. The minimum atomic E-state index is 0.141. The highest BCUT2D eigenvalue weighted by Crippen LogP contribution is 2.10. The molecule has 0 aromatic heterocycles. The first-order valence-corrected chi connectivity index (χ1v) is 7.26. The van der Waals surface area contributed by atoms with Crippen LogP contribution in [0.4, 0.5) is 0 Å². The lowest BCUT2D eigenvalue weighted by Gasteiger charge is -2.25. The fourth-order valence-electron chi connectivity index (χ4n) is 2.24. The van der Waals surface area contributed by atoms with Crippen molar-refractivity contribution < 1.29 is 4.79 Å². The Morgan fingerprint density at radius 3 is 2.83 bits per heavy atom. The van der Waals surface area contributed by atoms with E-state index in [1.165, 1.54) is 19.3 Å². The van der Waals surface area contributed by atoms with Gasteiger partial charge >= 0.3 is 0 Å². The lowest BCUT2D eigenvalue weighted by atomic mass is 10.0. The molecule has 1 atom stereocenters. The SMILES string of the molecule is CC(C)CNC(=O)CN(C)CCC1CCCCN1. The highest BCUT2D eigenvalue weighted by atomic mass is 16.2. The van der Waals surface area contributed by atoms with Crippen LogP contribution >= 0.6 is 0 Å². The molecule has 106 valence electrons. The summed E-state index contributed by atoms with van der Waals surface area (Å²) in [6.07, 6.45) is 5.08. The average Bonchev–Trinajstić information content (AvgIpc) is 2.35. The van der Waals surface area contributed by atoms with Crippen LogP contribution in [0.15, 0.2) is 0 Å². The van der Waals surface area contributed by atoms with Gasteiger partial charge in [0, 0.05) is 12.6 Å². The zero-order chi connectivity index (χ0) is 13.4. The van der Waals surface area contributed by atoms with E-state index in [1.807, 2.05) is 7.05 Å². The summed E-state index contributed by atoms with van der Waals surface area (Å²) < 4.78 is 0. The molecular weight excluding hydrogens is 226 g/mol. The number of rotatable bonds is 7. The average molecular weight is 255 g/mol. The fourth-order valence-corrected chi connectivity index (χ4v) is 2.24. The largest absolute Gasteiger partial charge is 0.355 e. The molecule has 1 unspecified atom stereocenters. The number of amides is 1. The van der Waals surface area contributed by atoms with E-state index in [2.05, 4.69) is 29.4 Å². The van der Waals surface area contributed by atoms with Gasteiger partial charge in [-0.25, -0.2) is 0 Å². The first kappa shape index (κ1) is 15.4. The van der Waals surface area contributed by atoms with E-state index in [-0.39, 0.29) is 5.91 Å². The molecule has 0 radical (unpaired) electrons. The molecule has 0 spiro atoms. The molecule has 0 saturated carbocycles. The zero-order valence-electron chi connectivity index (χ0n) is 12.2. The quantitative estimate of drug-likeness (QED) is 0.719. The number of piperidine rings is 1. The second-order valence-electron chi connectivity index (χ2n) is 5.87. The molecule has 1 aliphatic rings. The number of nitrogens with one attached hydrogen (secondary N) is 2. The van der Waals surface area contributed by atoms with Gasteiger partial charge in [-0.3, -0.25) is 9.69 Å². The Kier molecular flexibility index (Phi) is 7.28. The topological polar surface area (TPSA) is 44.4 Å². The van der Waals surface area contributed by atoms with Crippen LogP contribution in [0.3, 0.4) is 0 Å². The van der Waals surface area contributed by atoms with Gasteiger partial charge in [0.05, 0.1) is 6.54 Å². The molecule has 2 N–H and O–H groups in total. The highest BCUT2D eigenvalue weighted by Gasteiger charge is 2.14. The number of carbonyl (C=O) groups excluding carboxylic acids is 1. The van der Waals surface area contributed by atoms with E-state index in [0.29, 0.717) is 18.5 Å². The van der Waals surface area contributed by atoms with Crippen LogP contribution in [0.1, 0.15) is 39.5 Å². The van der Waals surface area contributed by atoms with Crippen molar-refractivity contribution in [2.45, 2.75) is 45.6 Å². The van der Waals surface area contributed by atoms with Gasteiger partial charge in [-0.15, -0.1) is 0 Å². The summed E-state index contributed by atoms with van der Waals surface area (Å²) >= 11 is 0.